The third-order valence-electron chi connectivity index (χ3n) is 8.72. The van der Waals surface area contributed by atoms with Crippen molar-refractivity contribution in [2.24, 2.45) is 11.8 Å². The summed E-state index contributed by atoms with van der Waals surface area (Å²) in [7, 11) is 0. The lowest BCUT2D eigenvalue weighted by molar-refractivity contribution is -0.167. The third kappa shape index (κ3) is 33.8. The topological polar surface area (TPSA) is 78.9 Å². The van der Waals surface area contributed by atoms with E-state index in [0.29, 0.717) is 19.3 Å². The molecule has 0 amide bonds. The van der Waals surface area contributed by atoms with Gasteiger partial charge in [-0.2, -0.15) is 0 Å². The number of unbranched alkanes of at least 4 members (excludes halogenated alkanes) is 19. The van der Waals surface area contributed by atoms with Crippen LogP contribution in [0.2, 0.25) is 0 Å². The van der Waals surface area contributed by atoms with E-state index in [9.17, 15) is 14.4 Å². The van der Waals surface area contributed by atoms with E-state index in [1.54, 1.807) is 0 Å². The van der Waals surface area contributed by atoms with Gasteiger partial charge in [0.1, 0.15) is 13.2 Å². The first-order chi connectivity index (χ1) is 22.2. The maximum absolute atomic E-state index is 12.5. The van der Waals surface area contributed by atoms with Crippen molar-refractivity contribution in [3.63, 3.8) is 0 Å². The average Bonchev–Trinajstić information content (AvgIpc) is 3.01. The molecule has 0 aliphatic carbocycles. The van der Waals surface area contributed by atoms with Gasteiger partial charge >= 0.3 is 17.9 Å². The van der Waals surface area contributed by atoms with Gasteiger partial charge in [0.05, 0.1) is 0 Å². The van der Waals surface area contributed by atoms with Gasteiger partial charge in [0.15, 0.2) is 6.10 Å². The summed E-state index contributed by atoms with van der Waals surface area (Å²) in [6.07, 6.45) is 28.4. The molecule has 46 heavy (non-hydrogen) atoms. The minimum absolute atomic E-state index is 0.0678. The van der Waals surface area contributed by atoms with Crippen LogP contribution >= 0.6 is 0 Å². The van der Waals surface area contributed by atoms with Crippen molar-refractivity contribution in [3.8, 4) is 0 Å². The SMILES string of the molecule is CCCCCCCC(=O)O[C@H](COC(=O)CCCCCCCCCCCCC(C)C)COC(=O)CCCCCCCCCC(C)C. The fourth-order valence-corrected chi connectivity index (χ4v) is 5.69. The summed E-state index contributed by atoms with van der Waals surface area (Å²) >= 11 is 0. The van der Waals surface area contributed by atoms with Gasteiger partial charge in [-0.15, -0.1) is 0 Å². The Morgan fingerprint density at radius 3 is 1.07 bits per heavy atom. The van der Waals surface area contributed by atoms with Gasteiger partial charge < -0.3 is 14.2 Å². The smallest absolute Gasteiger partial charge is 0.306 e. The van der Waals surface area contributed by atoms with Crippen molar-refractivity contribution in [1.82, 2.24) is 0 Å². The molecule has 272 valence electrons. The van der Waals surface area contributed by atoms with E-state index in [1.165, 1.54) is 89.9 Å². The van der Waals surface area contributed by atoms with Crippen LogP contribution in [0.4, 0.5) is 0 Å². The highest BCUT2D eigenvalue weighted by Crippen LogP contribution is 2.15. The molecule has 0 aliphatic heterocycles. The second kappa shape index (κ2) is 33.3. The summed E-state index contributed by atoms with van der Waals surface area (Å²) in [5.74, 6) is 0.717. The van der Waals surface area contributed by atoms with E-state index in [-0.39, 0.29) is 31.1 Å². The number of ether oxygens (including phenoxy) is 3. The molecule has 0 aliphatic rings. The number of carbonyl (C=O) groups excluding carboxylic acids is 3. The second-order valence-electron chi connectivity index (χ2n) is 14.5. The Kier molecular flexibility index (Phi) is 32.2. The molecular weight excluding hydrogens is 576 g/mol. The molecule has 0 aromatic carbocycles. The zero-order valence-electron chi connectivity index (χ0n) is 31.2. The Bertz CT molecular complexity index is 704. The molecule has 1 atom stereocenters. The van der Waals surface area contributed by atoms with Crippen LogP contribution in [0.3, 0.4) is 0 Å². The third-order valence-corrected chi connectivity index (χ3v) is 8.72. The van der Waals surface area contributed by atoms with Crippen LogP contribution in [-0.2, 0) is 28.6 Å². The monoisotopic (exact) mass is 653 g/mol. The van der Waals surface area contributed by atoms with Gasteiger partial charge in [-0.3, -0.25) is 14.4 Å². The quantitative estimate of drug-likeness (QED) is 0.0391. The van der Waals surface area contributed by atoms with Gasteiger partial charge in [0.2, 0.25) is 0 Å². The normalized spacial score (nSPS) is 12.1. The van der Waals surface area contributed by atoms with Gasteiger partial charge in [0.25, 0.3) is 0 Å². The summed E-state index contributed by atoms with van der Waals surface area (Å²) in [4.78, 5) is 37.2. The van der Waals surface area contributed by atoms with Crippen LogP contribution in [-0.4, -0.2) is 37.2 Å². The van der Waals surface area contributed by atoms with Crippen LogP contribution in [0.1, 0.15) is 208 Å². The summed E-state index contributed by atoms with van der Waals surface area (Å²) in [6.45, 7) is 11.2. The van der Waals surface area contributed by atoms with Crippen LogP contribution in [0.15, 0.2) is 0 Å². The number of hydrogen-bond acceptors (Lipinski definition) is 6. The highest BCUT2D eigenvalue weighted by atomic mass is 16.6. The van der Waals surface area contributed by atoms with Gasteiger partial charge in [-0.05, 0) is 31.1 Å². The molecule has 0 saturated carbocycles. The lowest BCUT2D eigenvalue weighted by Crippen LogP contribution is -2.30. The molecule has 6 nitrogen and oxygen atoms in total. The molecule has 0 bridgehead atoms. The van der Waals surface area contributed by atoms with Crippen LogP contribution < -0.4 is 0 Å². The molecule has 0 saturated heterocycles. The Morgan fingerprint density at radius 2 is 0.717 bits per heavy atom. The molecule has 0 aromatic rings. The van der Waals surface area contributed by atoms with Gasteiger partial charge in [0, 0.05) is 19.3 Å². The van der Waals surface area contributed by atoms with Crippen LogP contribution in [0, 0.1) is 11.8 Å². The van der Waals surface area contributed by atoms with E-state index in [1.807, 2.05) is 0 Å². The number of carbonyl (C=O) groups is 3. The fourth-order valence-electron chi connectivity index (χ4n) is 5.69. The highest BCUT2D eigenvalue weighted by Gasteiger charge is 2.19. The number of rotatable bonds is 34. The summed E-state index contributed by atoms with van der Waals surface area (Å²) < 4.78 is 16.5. The zero-order chi connectivity index (χ0) is 34.1. The minimum atomic E-state index is -0.757. The van der Waals surface area contributed by atoms with Crippen molar-refractivity contribution >= 4 is 17.9 Å². The number of hydrogen-bond donors (Lipinski definition) is 0. The maximum atomic E-state index is 12.5. The van der Waals surface area contributed by atoms with E-state index >= 15 is 0 Å². The molecule has 0 aromatic heterocycles. The van der Waals surface area contributed by atoms with E-state index < -0.39 is 6.10 Å². The Morgan fingerprint density at radius 1 is 0.413 bits per heavy atom. The van der Waals surface area contributed by atoms with E-state index in [4.69, 9.17) is 14.2 Å². The molecule has 0 N–H and O–H groups in total. The standard InChI is InChI=1S/C40H76O6/c1-6-7-8-18-27-32-40(43)46-37(34-45-39(42)31-26-22-17-13-15-20-24-29-36(4)5)33-44-38(41)30-25-21-16-12-10-9-11-14-19-23-28-35(2)3/h35-37H,6-34H2,1-5H3/t37-/m1/s1. The Labute approximate surface area is 285 Å². The molecule has 0 spiro atoms. The lowest BCUT2D eigenvalue weighted by Gasteiger charge is -2.18. The first kappa shape index (κ1) is 44.4. The predicted octanol–water partition coefficient (Wildman–Crippen LogP) is 11.8. The molecule has 6 heteroatoms. The molecular formula is C40H76O6. The lowest BCUT2D eigenvalue weighted by atomic mass is 10.0. The van der Waals surface area contributed by atoms with Crippen molar-refractivity contribution in [1.29, 1.82) is 0 Å². The number of esters is 3. The fraction of sp³-hybridized carbons (Fsp3) is 0.925. The predicted molar refractivity (Wildman–Crippen MR) is 192 cm³/mol. The highest BCUT2D eigenvalue weighted by molar-refractivity contribution is 5.71. The molecule has 0 heterocycles. The minimum Gasteiger partial charge on any atom is -0.462 e. The Hall–Kier alpha value is -1.59. The summed E-state index contributed by atoms with van der Waals surface area (Å²) in [5.41, 5.74) is 0. The van der Waals surface area contributed by atoms with Crippen molar-refractivity contribution in [3.05, 3.63) is 0 Å². The maximum Gasteiger partial charge on any atom is 0.306 e. The van der Waals surface area contributed by atoms with Crippen molar-refractivity contribution in [2.45, 2.75) is 214 Å². The molecule has 0 unspecified atom stereocenters. The van der Waals surface area contributed by atoms with Crippen LogP contribution in [0.25, 0.3) is 0 Å². The van der Waals surface area contributed by atoms with Crippen molar-refractivity contribution < 1.29 is 28.6 Å². The van der Waals surface area contributed by atoms with Gasteiger partial charge in [-0.1, -0.05) is 169 Å². The molecule has 0 fully saturated rings. The van der Waals surface area contributed by atoms with E-state index in [0.717, 1.165) is 76.0 Å². The first-order valence-electron chi connectivity index (χ1n) is 19.7. The van der Waals surface area contributed by atoms with Crippen LogP contribution in [0.5, 0.6) is 0 Å². The molecule has 0 radical (unpaired) electrons. The average molecular weight is 653 g/mol. The summed E-state index contributed by atoms with van der Waals surface area (Å²) in [5, 5.41) is 0. The summed E-state index contributed by atoms with van der Waals surface area (Å²) in [6, 6.07) is 0. The molecule has 0 rings (SSSR count). The Balaban J connectivity index is 4.22. The van der Waals surface area contributed by atoms with E-state index in [2.05, 4.69) is 34.6 Å². The first-order valence-corrected chi connectivity index (χ1v) is 19.7. The zero-order valence-corrected chi connectivity index (χ0v) is 31.2. The largest absolute Gasteiger partial charge is 0.462 e. The van der Waals surface area contributed by atoms with Crippen molar-refractivity contribution in [2.75, 3.05) is 13.2 Å². The second-order valence-corrected chi connectivity index (χ2v) is 14.5. The van der Waals surface area contributed by atoms with Gasteiger partial charge in [-0.25, -0.2) is 0 Å².